The second-order valence-electron chi connectivity index (χ2n) is 9.60. The Morgan fingerprint density at radius 3 is 2.47 bits per heavy atom. The van der Waals surface area contributed by atoms with Gasteiger partial charge in [-0.05, 0) is 60.1 Å². The Morgan fingerprint density at radius 1 is 1.03 bits per heavy atom. The fourth-order valence-corrected chi connectivity index (χ4v) is 5.04. The van der Waals surface area contributed by atoms with E-state index in [4.69, 9.17) is 23.7 Å². The molecule has 0 bridgehead atoms. The summed E-state index contributed by atoms with van der Waals surface area (Å²) in [5, 5.41) is 32.1. The fraction of sp³-hybridized carbons (Fsp3) is 0.519. The van der Waals surface area contributed by atoms with Crippen molar-refractivity contribution in [1.29, 1.82) is 0 Å². The lowest BCUT2D eigenvalue weighted by molar-refractivity contribution is -0.366. The van der Waals surface area contributed by atoms with Crippen LogP contribution in [0.3, 0.4) is 0 Å². The van der Waals surface area contributed by atoms with E-state index >= 15 is 0 Å². The first-order valence-corrected chi connectivity index (χ1v) is 12.2. The second kappa shape index (κ2) is 9.99. The van der Waals surface area contributed by atoms with E-state index in [9.17, 15) is 20.1 Å². The van der Waals surface area contributed by atoms with E-state index in [2.05, 4.69) is 0 Å². The molecule has 2 heterocycles. The first-order valence-electron chi connectivity index (χ1n) is 12.2. The monoisotopic (exact) mass is 500 g/mol. The average molecular weight is 501 g/mol. The fourth-order valence-electron chi connectivity index (χ4n) is 5.04. The highest BCUT2D eigenvalue weighted by atomic mass is 16.7. The molecule has 194 valence electrons. The topological polar surface area (TPSA) is 124 Å². The Labute approximate surface area is 209 Å². The molecular weight excluding hydrogens is 468 g/mol. The lowest BCUT2D eigenvalue weighted by Crippen LogP contribution is -2.64. The van der Waals surface area contributed by atoms with Crippen LogP contribution in [-0.2, 0) is 31.2 Å². The van der Waals surface area contributed by atoms with Gasteiger partial charge < -0.3 is 39.0 Å². The number of carbonyl (C=O) groups excluding carboxylic acids is 1. The van der Waals surface area contributed by atoms with Crippen LogP contribution < -0.4 is 9.47 Å². The van der Waals surface area contributed by atoms with Crippen molar-refractivity contribution in [2.75, 3.05) is 26.9 Å². The molecule has 0 aromatic heterocycles. The molecule has 2 aromatic carbocycles. The van der Waals surface area contributed by atoms with Gasteiger partial charge in [0.2, 0.25) is 5.79 Å². The molecule has 1 aliphatic carbocycles. The zero-order chi connectivity index (χ0) is 25.4. The number of esters is 1. The van der Waals surface area contributed by atoms with E-state index in [1.54, 1.807) is 0 Å². The smallest absolute Gasteiger partial charge is 0.302 e. The second-order valence-corrected chi connectivity index (χ2v) is 9.60. The van der Waals surface area contributed by atoms with E-state index in [-0.39, 0.29) is 6.61 Å². The predicted octanol–water partition coefficient (Wildman–Crippen LogP) is 1.77. The maximum Gasteiger partial charge on any atom is 0.302 e. The number of aliphatic hydroxyl groups is 3. The van der Waals surface area contributed by atoms with Crippen molar-refractivity contribution >= 4 is 5.97 Å². The molecule has 9 nitrogen and oxygen atoms in total. The van der Waals surface area contributed by atoms with E-state index in [0.29, 0.717) is 36.9 Å². The van der Waals surface area contributed by atoms with Gasteiger partial charge in [0.05, 0.1) is 0 Å². The molecule has 3 aliphatic rings. The number of fused-ring (bicyclic) bond motifs is 1. The van der Waals surface area contributed by atoms with Crippen LogP contribution in [0, 0.1) is 0 Å². The number of aliphatic hydroxyl groups excluding tert-OH is 3. The maximum atomic E-state index is 11.3. The number of rotatable bonds is 7. The van der Waals surface area contributed by atoms with Crippen molar-refractivity contribution in [3.8, 4) is 11.5 Å². The van der Waals surface area contributed by atoms with Gasteiger partial charge in [0.1, 0.15) is 44.2 Å². The zero-order valence-electron chi connectivity index (χ0n) is 20.4. The lowest BCUT2D eigenvalue weighted by atomic mass is 9.85. The molecule has 1 saturated carbocycles. The summed E-state index contributed by atoms with van der Waals surface area (Å²) in [5.41, 5.74) is 3.78. The molecule has 3 N–H and O–H groups in total. The van der Waals surface area contributed by atoms with E-state index < -0.39 is 36.2 Å². The maximum absolute atomic E-state index is 11.3. The van der Waals surface area contributed by atoms with Crippen LogP contribution >= 0.6 is 0 Å². The standard InChI is InChI=1S/C27H32O9/c1-15(28)35-14-23-24(29)25(30)26(31)27(32-2,36-23)19-6-7-20(17-4-5-17)18(13-19)11-16-3-8-21-22(12-16)34-10-9-33-21/h3,6-8,12-13,17,23-26,29-31H,4-5,9-11,14H2,1-2H3/t23-,24-,25+,26-,27?/m1/s1. The van der Waals surface area contributed by atoms with Gasteiger partial charge in [-0.2, -0.15) is 0 Å². The van der Waals surface area contributed by atoms with Crippen LogP contribution in [0.2, 0.25) is 0 Å². The van der Waals surface area contributed by atoms with Crippen molar-refractivity contribution in [2.24, 2.45) is 0 Å². The largest absolute Gasteiger partial charge is 0.486 e. The molecule has 0 spiro atoms. The normalized spacial score (nSPS) is 29.6. The molecule has 5 rings (SSSR count). The number of benzene rings is 2. The summed E-state index contributed by atoms with van der Waals surface area (Å²) in [4.78, 5) is 11.3. The first-order chi connectivity index (χ1) is 17.3. The van der Waals surface area contributed by atoms with Gasteiger partial charge in [0.15, 0.2) is 11.5 Å². The van der Waals surface area contributed by atoms with E-state index in [1.165, 1.54) is 19.6 Å². The molecule has 2 aliphatic heterocycles. The molecule has 1 saturated heterocycles. The third kappa shape index (κ3) is 4.69. The summed E-state index contributed by atoms with van der Waals surface area (Å²) < 4.78 is 28.2. The number of methoxy groups -OCH3 is 1. The Morgan fingerprint density at radius 2 is 1.78 bits per heavy atom. The Bertz CT molecular complexity index is 1110. The van der Waals surface area contributed by atoms with E-state index in [0.717, 1.165) is 29.7 Å². The van der Waals surface area contributed by atoms with Gasteiger partial charge in [0.25, 0.3) is 0 Å². The molecule has 2 aromatic rings. The summed E-state index contributed by atoms with van der Waals surface area (Å²) >= 11 is 0. The molecule has 1 unspecified atom stereocenters. The summed E-state index contributed by atoms with van der Waals surface area (Å²) in [6.07, 6.45) is -2.91. The minimum absolute atomic E-state index is 0.296. The quantitative estimate of drug-likeness (QED) is 0.488. The van der Waals surface area contributed by atoms with Crippen LogP contribution in [0.4, 0.5) is 0 Å². The third-order valence-electron chi connectivity index (χ3n) is 7.09. The molecule has 0 amide bonds. The highest BCUT2D eigenvalue weighted by Crippen LogP contribution is 2.45. The average Bonchev–Trinajstić information content (AvgIpc) is 3.72. The Balaban J connectivity index is 1.49. The Hall–Kier alpha value is -2.69. The molecule has 5 atom stereocenters. The van der Waals surface area contributed by atoms with Gasteiger partial charge >= 0.3 is 5.97 Å². The summed E-state index contributed by atoms with van der Waals surface area (Å²) in [6.45, 7) is 1.98. The molecule has 9 heteroatoms. The van der Waals surface area contributed by atoms with Crippen molar-refractivity contribution in [1.82, 2.24) is 0 Å². The minimum Gasteiger partial charge on any atom is -0.486 e. The van der Waals surface area contributed by atoms with Crippen LogP contribution in [-0.4, -0.2) is 72.6 Å². The zero-order valence-corrected chi connectivity index (χ0v) is 20.4. The van der Waals surface area contributed by atoms with Gasteiger partial charge in [-0.15, -0.1) is 0 Å². The summed E-state index contributed by atoms with van der Waals surface area (Å²) in [7, 11) is 1.37. The van der Waals surface area contributed by atoms with Crippen LogP contribution in [0.1, 0.15) is 47.9 Å². The highest BCUT2D eigenvalue weighted by Gasteiger charge is 2.55. The predicted molar refractivity (Wildman–Crippen MR) is 127 cm³/mol. The van der Waals surface area contributed by atoms with Gasteiger partial charge in [-0.3, -0.25) is 4.79 Å². The van der Waals surface area contributed by atoms with Crippen molar-refractivity contribution in [3.63, 3.8) is 0 Å². The van der Waals surface area contributed by atoms with Gasteiger partial charge in [-0.25, -0.2) is 0 Å². The molecule has 36 heavy (non-hydrogen) atoms. The summed E-state index contributed by atoms with van der Waals surface area (Å²) in [6, 6.07) is 11.6. The minimum atomic E-state index is -1.77. The molecular formula is C27H32O9. The number of carbonyl (C=O) groups is 1. The van der Waals surface area contributed by atoms with Crippen LogP contribution in [0.5, 0.6) is 11.5 Å². The van der Waals surface area contributed by atoms with Crippen molar-refractivity contribution in [2.45, 2.75) is 62.3 Å². The van der Waals surface area contributed by atoms with E-state index in [1.807, 2.05) is 36.4 Å². The molecule has 0 radical (unpaired) electrons. The van der Waals surface area contributed by atoms with Crippen molar-refractivity contribution < 1.29 is 43.8 Å². The third-order valence-corrected chi connectivity index (χ3v) is 7.09. The Kier molecular flexibility index (Phi) is 6.93. The number of ether oxygens (including phenoxy) is 5. The van der Waals surface area contributed by atoms with Gasteiger partial charge in [-0.1, -0.05) is 18.2 Å². The highest BCUT2D eigenvalue weighted by molar-refractivity contribution is 5.65. The SMILES string of the molecule is COC1(c2ccc(C3CC3)c(Cc3ccc4c(c3)OCCO4)c2)O[C@H](COC(C)=O)[C@@H](O)[C@H](O)[C@H]1O. The first kappa shape index (κ1) is 25.0. The molecule has 2 fully saturated rings. The van der Waals surface area contributed by atoms with Gasteiger partial charge in [0, 0.05) is 19.6 Å². The number of hydrogen-bond acceptors (Lipinski definition) is 9. The van der Waals surface area contributed by atoms with Crippen molar-refractivity contribution in [3.05, 3.63) is 58.7 Å². The van der Waals surface area contributed by atoms with Crippen LogP contribution in [0.25, 0.3) is 0 Å². The van der Waals surface area contributed by atoms with Crippen LogP contribution in [0.15, 0.2) is 36.4 Å². The summed E-state index contributed by atoms with van der Waals surface area (Å²) in [5.74, 6) is -0.416. The number of hydrogen-bond donors (Lipinski definition) is 3. The lowest BCUT2D eigenvalue weighted by Gasteiger charge is -2.48.